The third-order valence-corrected chi connectivity index (χ3v) is 4.46. The number of rotatable bonds is 2. The smallest absolute Gasteiger partial charge is 0.222 e. The van der Waals surface area contributed by atoms with Crippen molar-refractivity contribution in [1.82, 2.24) is 9.80 Å². The molecule has 2 rings (SSSR count). The van der Waals surface area contributed by atoms with Gasteiger partial charge in [0.2, 0.25) is 5.91 Å². The first-order valence-electron chi connectivity index (χ1n) is 6.53. The molecule has 2 heterocycles. The van der Waals surface area contributed by atoms with Crippen molar-refractivity contribution in [3.63, 3.8) is 0 Å². The Balaban J connectivity index is 2.09. The third kappa shape index (κ3) is 2.33. The molecule has 2 saturated heterocycles. The molecule has 0 bridgehead atoms. The molecule has 0 saturated carbocycles. The van der Waals surface area contributed by atoms with Gasteiger partial charge in [0, 0.05) is 38.0 Å². The van der Waals surface area contributed by atoms with Gasteiger partial charge >= 0.3 is 0 Å². The summed E-state index contributed by atoms with van der Waals surface area (Å²) in [7, 11) is 2.09. The minimum absolute atomic E-state index is 0.164. The summed E-state index contributed by atoms with van der Waals surface area (Å²) in [6, 6.07) is 0. The molecular formula is C13H24N2O2. The van der Waals surface area contributed by atoms with Crippen LogP contribution in [-0.2, 0) is 4.79 Å². The summed E-state index contributed by atoms with van der Waals surface area (Å²) in [6.07, 6.45) is 2.34. The number of piperidine rings is 1. The van der Waals surface area contributed by atoms with Crippen molar-refractivity contribution in [3.8, 4) is 0 Å². The molecule has 1 unspecified atom stereocenters. The Morgan fingerprint density at radius 1 is 1.35 bits per heavy atom. The van der Waals surface area contributed by atoms with Crippen LogP contribution < -0.4 is 0 Å². The Kier molecular flexibility index (Phi) is 3.21. The van der Waals surface area contributed by atoms with Crippen LogP contribution in [0.3, 0.4) is 0 Å². The summed E-state index contributed by atoms with van der Waals surface area (Å²) in [5.41, 5.74) is -0.900. The molecule has 0 aromatic rings. The zero-order chi connectivity index (χ0) is 12.7. The SMILES string of the molecule is CN1CCC(O)(CN2CCCC2=O)C(C)(C)C1. The van der Waals surface area contributed by atoms with Crippen LogP contribution in [0.15, 0.2) is 0 Å². The maximum atomic E-state index is 11.7. The topological polar surface area (TPSA) is 43.8 Å². The number of amides is 1. The Labute approximate surface area is 104 Å². The van der Waals surface area contributed by atoms with Crippen molar-refractivity contribution in [3.05, 3.63) is 0 Å². The first-order valence-corrected chi connectivity index (χ1v) is 6.53. The lowest BCUT2D eigenvalue weighted by atomic mass is 9.69. The van der Waals surface area contributed by atoms with Gasteiger partial charge in [-0.2, -0.15) is 0 Å². The molecule has 0 aromatic carbocycles. The van der Waals surface area contributed by atoms with Gasteiger partial charge in [0.25, 0.3) is 0 Å². The average Bonchev–Trinajstić information content (AvgIpc) is 2.59. The lowest BCUT2D eigenvalue weighted by Crippen LogP contribution is -2.61. The summed E-state index contributed by atoms with van der Waals surface area (Å²) in [5.74, 6) is 0.202. The van der Waals surface area contributed by atoms with E-state index in [1.165, 1.54) is 0 Å². The van der Waals surface area contributed by atoms with E-state index in [1.54, 1.807) is 0 Å². The standard InChI is InChI=1S/C13H24N2O2/c1-12(2)9-14(3)8-6-13(12,17)10-15-7-4-5-11(15)16/h17H,4-10H2,1-3H3. The van der Waals surface area contributed by atoms with Gasteiger partial charge in [-0.25, -0.2) is 0 Å². The molecule has 0 aliphatic carbocycles. The molecular weight excluding hydrogens is 216 g/mol. The Morgan fingerprint density at radius 2 is 2.06 bits per heavy atom. The van der Waals surface area contributed by atoms with Gasteiger partial charge in [-0.3, -0.25) is 4.79 Å². The van der Waals surface area contributed by atoms with Gasteiger partial charge in [0.05, 0.1) is 5.60 Å². The number of aliphatic hydroxyl groups is 1. The summed E-state index contributed by atoms with van der Waals surface area (Å²) >= 11 is 0. The van der Waals surface area contributed by atoms with Crippen LogP contribution in [0.5, 0.6) is 0 Å². The first-order chi connectivity index (χ1) is 7.84. The number of hydrogen-bond donors (Lipinski definition) is 1. The predicted octanol–water partition coefficient (Wildman–Crippen LogP) is 0.702. The zero-order valence-electron chi connectivity index (χ0n) is 11.2. The molecule has 1 N–H and O–H groups in total. The Morgan fingerprint density at radius 3 is 2.59 bits per heavy atom. The highest BCUT2D eigenvalue weighted by Crippen LogP contribution is 2.39. The van der Waals surface area contributed by atoms with E-state index in [4.69, 9.17) is 0 Å². The van der Waals surface area contributed by atoms with Crippen molar-refractivity contribution < 1.29 is 9.90 Å². The number of nitrogens with zero attached hydrogens (tertiary/aromatic N) is 2. The Hall–Kier alpha value is -0.610. The van der Waals surface area contributed by atoms with Gasteiger partial charge in [-0.1, -0.05) is 13.8 Å². The third-order valence-electron chi connectivity index (χ3n) is 4.46. The van der Waals surface area contributed by atoms with Crippen molar-refractivity contribution in [1.29, 1.82) is 0 Å². The molecule has 98 valence electrons. The van der Waals surface area contributed by atoms with E-state index in [0.717, 1.165) is 32.5 Å². The second-order valence-electron chi connectivity index (χ2n) is 6.32. The predicted molar refractivity (Wildman–Crippen MR) is 66.7 cm³/mol. The highest BCUT2D eigenvalue weighted by Gasteiger charge is 2.48. The molecule has 0 radical (unpaired) electrons. The van der Waals surface area contributed by atoms with Crippen LogP contribution >= 0.6 is 0 Å². The maximum Gasteiger partial charge on any atom is 0.222 e. The van der Waals surface area contributed by atoms with E-state index in [0.29, 0.717) is 13.0 Å². The second-order valence-corrected chi connectivity index (χ2v) is 6.32. The summed E-state index contributed by atoms with van der Waals surface area (Å²) < 4.78 is 0. The lowest BCUT2D eigenvalue weighted by Gasteiger charge is -2.50. The van der Waals surface area contributed by atoms with E-state index in [9.17, 15) is 9.90 Å². The van der Waals surface area contributed by atoms with E-state index in [-0.39, 0.29) is 11.3 Å². The number of likely N-dealkylation sites (tertiary alicyclic amines) is 2. The summed E-state index contributed by atoms with van der Waals surface area (Å²) in [5, 5.41) is 10.9. The number of carbonyl (C=O) groups excluding carboxylic acids is 1. The van der Waals surface area contributed by atoms with Crippen LogP contribution in [-0.4, -0.2) is 59.6 Å². The van der Waals surface area contributed by atoms with Gasteiger partial charge in [-0.05, 0) is 19.9 Å². The molecule has 1 amide bonds. The van der Waals surface area contributed by atoms with Gasteiger partial charge in [0.15, 0.2) is 0 Å². The molecule has 4 heteroatoms. The fourth-order valence-electron chi connectivity index (χ4n) is 3.10. The van der Waals surface area contributed by atoms with E-state index < -0.39 is 5.60 Å². The van der Waals surface area contributed by atoms with Gasteiger partial charge < -0.3 is 14.9 Å². The van der Waals surface area contributed by atoms with Crippen LogP contribution in [0, 0.1) is 5.41 Å². The largest absolute Gasteiger partial charge is 0.387 e. The summed E-state index contributed by atoms with van der Waals surface area (Å²) in [6.45, 7) is 7.31. The molecule has 2 aliphatic heterocycles. The number of hydrogen-bond acceptors (Lipinski definition) is 3. The molecule has 1 atom stereocenters. The van der Waals surface area contributed by atoms with Crippen molar-refractivity contribution in [2.24, 2.45) is 5.41 Å². The van der Waals surface area contributed by atoms with Crippen molar-refractivity contribution in [2.75, 3.05) is 33.2 Å². The fraction of sp³-hybridized carbons (Fsp3) is 0.923. The van der Waals surface area contributed by atoms with Crippen molar-refractivity contribution in [2.45, 2.75) is 38.7 Å². The number of carbonyl (C=O) groups is 1. The van der Waals surface area contributed by atoms with Gasteiger partial charge in [0.1, 0.15) is 0 Å². The second kappa shape index (κ2) is 4.25. The summed E-state index contributed by atoms with van der Waals surface area (Å²) in [4.78, 5) is 15.8. The molecule has 2 fully saturated rings. The highest BCUT2D eigenvalue weighted by atomic mass is 16.3. The molecule has 0 spiro atoms. The fourth-order valence-corrected chi connectivity index (χ4v) is 3.10. The van der Waals surface area contributed by atoms with Gasteiger partial charge in [-0.15, -0.1) is 0 Å². The molecule has 2 aliphatic rings. The molecule has 4 nitrogen and oxygen atoms in total. The zero-order valence-corrected chi connectivity index (χ0v) is 11.2. The number of β-amino-alcohol motifs (C(OH)–C–C–N with tert-alkyl or cyclic N) is 1. The minimum atomic E-state index is -0.737. The maximum absolute atomic E-state index is 11.7. The average molecular weight is 240 g/mol. The molecule has 0 aromatic heterocycles. The van der Waals surface area contributed by atoms with Crippen LogP contribution in [0.1, 0.15) is 33.1 Å². The van der Waals surface area contributed by atoms with Crippen molar-refractivity contribution >= 4 is 5.91 Å². The van der Waals surface area contributed by atoms with E-state index >= 15 is 0 Å². The Bertz CT molecular complexity index is 317. The monoisotopic (exact) mass is 240 g/mol. The first kappa shape index (κ1) is 12.8. The minimum Gasteiger partial charge on any atom is -0.387 e. The highest BCUT2D eigenvalue weighted by molar-refractivity contribution is 5.78. The van der Waals surface area contributed by atoms with Crippen LogP contribution in [0.4, 0.5) is 0 Å². The van der Waals surface area contributed by atoms with E-state index in [2.05, 4.69) is 25.8 Å². The quantitative estimate of drug-likeness (QED) is 0.773. The molecule has 17 heavy (non-hydrogen) atoms. The van der Waals surface area contributed by atoms with Crippen LogP contribution in [0.2, 0.25) is 0 Å². The normalized spacial score (nSPS) is 34.4. The lowest BCUT2D eigenvalue weighted by molar-refractivity contribution is -0.146. The van der Waals surface area contributed by atoms with Crippen LogP contribution in [0.25, 0.3) is 0 Å². The van der Waals surface area contributed by atoms with E-state index in [1.807, 2.05) is 4.90 Å².